The molecular formula is C24H28Cl2N2O3. The van der Waals surface area contributed by atoms with Crippen LogP contribution in [-0.2, 0) is 4.79 Å². The summed E-state index contributed by atoms with van der Waals surface area (Å²) in [6.45, 7) is 5.32. The van der Waals surface area contributed by atoms with Crippen LogP contribution in [0.1, 0.15) is 54.9 Å². The normalized spacial score (nSPS) is 15.7. The molecule has 5 nitrogen and oxygen atoms in total. The molecule has 1 saturated heterocycles. The van der Waals surface area contributed by atoms with Crippen molar-refractivity contribution in [3.05, 3.63) is 63.6 Å². The number of carbonyl (C=O) groups excluding carboxylic acids is 2. The summed E-state index contributed by atoms with van der Waals surface area (Å²) in [6.07, 6.45) is 2.25. The van der Waals surface area contributed by atoms with Crippen LogP contribution >= 0.6 is 23.2 Å². The van der Waals surface area contributed by atoms with E-state index in [0.717, 1.165) is 12.8 Å². The third kappa shape index (κ3) is 6.14. The second-order valence-electron chi connectivity index (χ2n) is 8.47. The summed E-state index contributed by atoms with van der Waals surface area (Å²) < 4.78 is 0. The minimum atomic E-state index is -0.607. The third-order valence-electron chi connectivity index (χ3n) is 5.66. The Bertz CT molecular complexity index is 923. The van der Waals surface area contributed by atoms with Crippen LogP contribution in [0.5, 0.6) is 5.75 Å². The first-order valence-electron chi connectivity index (χ1n) is 10.6. The molecule has 31 heavy (non-hydrogen) atoms. The van der Waals surface area contributed by atoms with Crippen LogP contribution in [0, 0.1) is 5.92 Å². The first-order valence-corrected chi connectivity index (χ1v) is 11.3. The fourth-order valence-electron chi connectivity index (χ4n) is 4.00. The third-order valence-corrected chi connectivity index (χ3v) is 6.21. The zero-order valence-electron chi connectivity index (χ0n) is 17.8. The summed E-state index contributed by atoms with van der Waals surface area (Å²) in [5, 5.41) is 13.1. The van der Waals surface area contributed by atoms with Gasteiger partial charge in [0.25, 0.3) is 5.91 Å². The van der Waals surface area contributed by atoms with E-state index in [1.54, 1.807) is 24.3 Å². The lowest BCUT2D eigenvalue weighted by molar-refractivity contribution is -0.134. The van der Waals surface area contributed by atoms with Crippen molar-refractivity contribution in [2.75, 3.05) is 13.1 Å². The molecule has 0 aromatic heterocycles. The molecule has 2 aromatic rings. The lowest BCUT2D eigenvalue weighted by Crippen LogP contribution is -2.51. The van der Waals surface area contributed by atoms with Crippen molar-refractivity contribution in [2.24, 2.45) is 5.92 Å². The maximum Gasteiger partial charge on any atom is 0.253 e. The minimum absolute atomic E-state index is 0.0590. The van der Waals surface area contributed by atoms with E-state index in [4.69, 9.17) is 23.2 Å². The summed E-state index contributed by atoms with van der Waals surface area (Å²) in [4.78, 5) is 27.9. The van der Waals surface area contributed by atoms with Crippen molar-refractivity contribution in [3.8, 4) is 5.75 Å². The Morgan fingerprint density at radius 3 is 2.32 bits per heavy atom. The zero-order chi connectivity index (χ0) is 22.5. The molecule has 166 valence electrons. The quantitative estimate of drug-likeness (QED) is 0.615. The smallest absolute Gasteiger partial charge is 0.253 e. The Morgan fingerprint density at radius 1 is 1.10 bits per heavy atom. The highest BCUT2D eigenvalue weighted by atomic mass is 35.5. The number of rotatable bonds is 6. The highest BCUT2D eigenvalue weighted by molar-refractivity contribution is 6.36. The van der Waals surface area contributed by atoms with Crippen LogP contribution in [0.4, 0.5) is 0 Å². The van der Waals surface area contributed by atoms with E-state index in [1.165, 1.54) is 11.6 Å². The lowest BCUT2D eigenvalue weighted by atomic mass is 9.89. The molecule has 0 bridgehead atoms. The van der Waals surface area contributed by atoms with Crippen molar-refractivity contribution in [3.63, 3.8) is 0 Å². The van der Waals surface area contributed by atoms with Gasteiger partial charge in [-0.25, -0.2) is 0 Å². The minimum Gasteiger partial charge on any atom is -0.508 e. The number of phenolic OH excluding ortho intramolecular Hbond substituents is 1. The molecule has 3 rings (SSSR count). The Labute approximate surface area is 193 Å². The number of hydrogen-bond acceptors (Lipinski definition) is 3. The van der Waals surface area contributed by atoms with E-state index >= 15 is 0 Å². The predicted molar refractivity (Wildman–Crippen MR) is 124 cm³/mol. The average molecular weight is 463 g/mol. The zero-order valence-corrected chi connectivity index (χ0v) is 19.3. The van der Waals surface area contributed by atoms with Gasteiger partial charge in [-0.1, -0.05) is 49.2 Å². The van der Waals surface area contributed by atoms with Crippen molar-refractivity contribution in [2.45, 2.75) is 45.1 Å². The number of likely N-dealkylation sites (tertiary alicyclic amines) is 1. The highest BCUT2D eigenvalue weighted by Crippen LogP contribution is 2.29. The molecule has 1 heterocycles. The molecule has 2 aromatic carbocycles. The Kier molecular flexibility index (Phi) is 7.84. The molecule has 0 radical (unpaired) electrons. The second kappa shape index (κ2) is 10.4. The number of nitrogens with zero attached hydrogens (tertiary/aromatic N) is 1. The van der Waals surface area contributed by atoms with Crippen LogP contribution in [0.3, 0.4) is 0 Å². The molecule has 0 spiro atoms. The van der Waals surface area contributed by atoms with Crippen LogP contribution in [0.2, 0.25) is 10.0 Å². The number of amides is 2. The van der Waals surface area contributed by atoms with Gasteiger partial charge >= 0.3 is 0 Å². The Hall–Kier alpha value is -2.24. The van der Waals surface area contributed by atoms with E-state index in [-0.39, 0.29) is 28.5 Å². The number of halogens is 2. The van der Waals surface area contributed by atoms with Gasteiger partial charge in [0.2, 0.25) is 5.91 Å². The molecule has 1 aliphatic heterocycles. The summed E-state index contributed by atoms with van der Waals surface area (Å²) >= 11 is 12.1. The number of benzene rings is 2. The molecule has 7 heteroatoms. The highest BCUT2D eigenvalue weighted by Gasteiger charge is 2.30. The SMILES string of the molecule is CC(C)CC(NC(=O)c1ccc(Cl)cc1Cl)C(=O)N1CCC(c2ccc(O)cc2)CC1. The Balaban J connectivity index is 1.66. The number of piperidine rings is 1. The van der Waals surface area contributed by atoms with Crippen molar-refractivity contribution in [1.29, 1.82) is 0 Å². The lowest BCUT2D eigenvalue weighted by Gasteiger charge is -2.35. The van der Waals surface area contributed by atoms with Crippen LogP contribution in [0.15, 0.2) is 42.5 Å². The van der Waals surface area contributed by atoms with E-state index < -0.39 is 6.04 Å². The van der Waals surface area contributed by atoms with Crippen LogP contribution < -0.4 is 5.32 Å². The van der Waals surface area contributed by atoms with Crippen LogP contribution in [0.25, 0.3) is 0 Å². The maximum atomic E-state index is 13.3. The number of phenols is 1. The van der Waals surface area contributed by atoms with E-state index in [1.807, 2.05) is 30.9 Å². The number of aromatic hydroxyl groups is 1. The molecule has 2 amide bonds. The van der Waals surface area contributed by atoms with Gasteiger partial charge in [0.05, 0.1) is 10.6 Å². The van der Waals surface area contributed by atoms with Crippen LogP contribution in [-0.4, -0.2) is 41.0 Å². The fraction of sp³-hybridized carbons (Fsp3) is 0.417. The number of hydrogen-bond donors (Lipinski definition) is 2. The van der Waals surface area contributed by atoms with Gasteiger partial charge in [0.15, 0.2) is 0 Å². The van der Waals surface area contributed by atoms with E-state index in [9.17, 15) is 14.7 Å². The number of carbonyl (C=O) groups is 2. The predicted octanol–water partition coefficient (Wildman–Crippen LogP) is 5.25. The molecule has 1 aliphatic rings. The molecule has 1 atom stereocenters. The fourth-order valence-corrected chi connectivity index (χ4v) is 4.50. The van der Waals surface area contributed by atoms with Gasteiger partial charge in [-0.15, -0.1) is 0 Å². The molecule has 1 fully saturated rings. The van der Waals surface area contributed by atoms with E-state index in [0.29, 0.717) is 36.0 Å². The van der Waals surface area contributed by atoms with Crippen molar-refractivity contribution >= 4 is 35.0 Å². The Morgan fingerprint density at radius 2 is 1.74 bits per heavy atom. The summed E-state index contributed by atoms with van der Waals surface area (Å²) in [7, 11) is 0. The van der Waals surface area contributed by atoms with Gasteiger partial charge < -0.3 is 15.3 Å². The first-order chi connectivity index (χ1) is 14.7. The van der Waals surface area contributed by atoms with Gasteiger partial charge in [0.1, 0.15) is 11.8 Å². The second-order valence-corrected chi connectivity index (χ2v) is 9.31. The average Bonchev–Trinajstić information content (AvgIpc) is 2.73. The topological polar surface area (TPSA) is 69.6 Å². The summed E-state index contributed by atoms with van der Waals surface area (Å²) in [5.41, 5.74) is 1.48. The largest absolute Gasteiger partial charge is 0.508 e. The molecular weight excluding hydrogens is 435 g/mol. The molecule has 0 saturated carbocycles. The monoisotopic (exact) mass is 462 g/mol. The first kappa shape index (κ1) is 23.4. The van der Waals surface area contributed by atoms with Gasteiger partial charge in [-0.3, -0.25) is 9.59 Å². The summed E-state index contributed by atoms with van der Waals surface area (Å²) in [5.74, 6) is 0.417. The molecule has 2 N–H and O–H groups in total. The summed E-state index contributed by atoms with van der Waals surface area (Å²) in [6, 6.07) is 11.4. The van der Waals surface area contributed by atoms with Gasteiger partial charge in [-0.05, 0) is 67.0 Å². The molecule has 0 aliphatic carbocycles. The van der Waals surface area contributed by atoms with E-state index in [2.05, 4.69) is 5.32 Å². The van der Waals surface area contributed by atoms with Gasteiger partial charge in [-0.2, -0.15) is 0 Å². The van der Waals surface area contributed by atoms with Crippen molar-refractivity contribution in [1.82, 2.24) is 10.2 Å². The number of nitrogens with one attached hydrogen (secondary N) is 1. The molecule has 1 unspecified atom stereocenters. The maximum absolute atomic E-state index is 13.3. The van der Waals surface area contributed by atoms with Crippen molar-refractivity contribution < 1.29 is 14.7 Å². The standard InChI is InChI=1S/C24H28Cl2N2O3/c1-15(2)13-22(27-23(30)20-8-5-18(25)14-21(20)26)24(31)28-11-9-17(10-12-28)16-3-6-19(29)7-4-16/h3-8,14-15,17,22,29H,9-13H2,1-2H3,(H,27,30). The van der Waals surface area contributed by atoms with Gasteiger partial charge in [0, 0.05) is 18.1 Å².